The van der Waals surface area contributed by atoms with Gasteiger partial charge in [0, 0.05) is 17.5 Å². The summed E-state index contributed by atoms with van der Waals surface area (Å²) in [7, 11) is 0. The van der Waals surface area contributed by atoms with Gasteiger partial charge in [0.15, 0.2) is 5.76 Å². The molecule has 0 saturated carbocycles. The lowest BCUT2D eigenvalue weighted by atomic mass is 10.2. The summed E-state index contributed by atoms with van der Waals surface area (Å²) in [5.74, 6) is -0.581. The number of carbonyl (C=O) groups is 2. The van der Waals surface area contributed by atoms with Gasteiger partial charge in [-0.3, -0.25) is 14.9 Å². The van der Waals surface area contributed by atoms with Crippen LogP contribution in [0, 0.1) is 0 Å². The number of furan rings is 1. The molecule has 2 amide bonds. The van der Waals surface area contributed by atoms with E-state index in [4.69, 9.17) is 27.6 Å². The van der Waals surface area contributed by atoms with Gasteiger partial charge in [-0.25, -0.2) is 0 Å². The predicted molar refractivity (Wildman–Crippen MR) is 72.3 cm³/mol. The minimum Gasteiger partial charge on any atom is -0.451 e. The number of carbonyl (C=O) groups excluding carboxylic acids is 2. The van der Waals surface area contributed by atoms with Crippen LogP contribution in [0.5, 0.6) is 0 Å². The van der Waals surface area contributed by atoms with E-state index in [1.807, 2.05) is 0 Å². The Morgan fingerprint density at radius 1 is 1.16 bits per heavy atom. The highest BCUT2D eigenvalue weighted by Gasteiger charge is 2.14. The van der Waals surface area contributed by atoms with Gasteiger partial charge in [0.25, 0.3) is 5.91 Å². The molecule has 1 N–H and O–H groups in total. The number of rotatable bonds is 2. The Hall–Kier alpha value is -1.78. The van der Waals surface area contributed by atoms with Crippen molar-refractivity contribution in [2.45, 2.75) is 6.92 Å². The van der Waals surface area contributed by atoms with Crippen molar-refractivity contribution < 1.29 is 14.0 Å². The van der Waals surface area contributed by atoms with Crippen molar-refractivity contribution in [3.8, 4) is 11.3 Å². The number of imide groups is 1. The van der Waals surface area contributed by atoms with Crippen LogP contribution in [0.1, 0.15) is 17.5 Å². The summed E-state index contributed by atoms with van der Waals surface area (Å²) in [5, 5.41) is 3.05. The zero-order valence-corrected chi connectivity index (χ0v) is 11.4. The van der Waals surface area contributed by atoms with E-state index in [-0.39, 0.29) is 5.76 Å². The average Bonchev–Trinajstić information content (AvgIpc) is 2.77. The van der Waals surface area contributed by atoms with Crippen molar-refractivity contribution in [3.05, 3.63) is 46.1 Å². The molecule has 0 radical (unpaired) electrons. The largest absolute Gasteiger partial charge is 0.451 e. The molecule has 2 aromatic rings. The maximum absolute atomic E-state index is 11.6. The molecule has 1 aromatic heterocycles. The van der Waals surface area contributed by atoms with Crippen LogP contribution in [0.25, 0.3) is 11.3 Å². The molecule has 0 aliphatic heterocycles. The van der Waals surface area contributed by atoms with Crippen molar-refractivity contribution in [1.82, 2.24) is 5.32 Å². The summed E-state index contributed by atoms with van der Waals surface area (Å²) in [4.78, 5) is 22.3. The SMILES string of the molecule is CC(=O)NC(=O)c1ccc(-c2ccc(Cl)cc2Cl)o1. The third-order valence-electron chi connectivity index (χ3n) is 2.32. The van der Waals surface area contributed by atoms with Crippen molar-refractivity contribution in [1.29, 1.82) is 0 Å². The Labute approximate surface area is 119 Å². The summed E-state index contributed by atoms with van der Waals surface area (Å²) in [5.41, 5.74) is 0.618. The van der Waals surface area contributed by atoms with Gasteiger partial charge in [-0.1, -0.05) is 23.2 Å². The van der Waals surface area contributed by atoms with Gasteiger partial charge in [-0.15, -0.1) is 0 Å². The molecule has 0 bridgehead atoms. The number of hydrogen-bond acceptors (Lipinski definition) is 3. The molecule has 2 rings (SSSR count). The Kier molecular flexibility index (Phi) is 3.93. The molecule has 0 spiro atoms. The maximum atomic E-state index is 11.6. The Bertz CT molecular complexity index is 649. The predicted octanol–water partition coefficient (Wildman–Crippen LogP) is 3.53. The van der Waals surface area contributed by atoms with Gasteiger partial charge < -0.3 is 4.42 Å². The maximum Gasteiger partial charge on any atom is 0.293 e. The van der Waals surface area contributed by atoms with Crippen molar-refractivity contribution in [2.75, 3.05) is 0 Å². The van der Waals surface area contributed by atoms with Crippen LogP contribution in [-0.2, 0) is 4.79 Å². The van der Waals surface area contributed by atoms with E-state index in [9.17, 15) is 9.59 Å². The summed E-state index contributed by atoms with van der Waals surface area (Å²) in [6, 6.07) is 8.01. The molecular formula is C13H9Cl2NO3. The molecule has 98 valence electrons. The average molecular weight is 298 g/mol. The fraction of sp³-hybridized carbons (Fsp3) is 0.0769. The summed E-state index contributed by atoms with van der Waals surface area (Å²) < 4.78 is 5.36. The topological polar surface area (TPSA) is 59.3 Å². The summed E-state index contributed by atoms with van der Waals surface area (Å²) >= 11 is 11.8. The Morgan fingerprint density at radius 2 is 1.89 bits per heavy atom. The van der Waals surface area contributed by atoms with Crippen molar-refractivity contribution in [3.63, 3.8) is 0 Å². The van der Waals surface area contributed by atoms with Crippen LogP contribution in [0.15, 0.2) is 34.7 Å². The molecule has 0 saturated heterocycles. The second-order valence-corrected chi connectivity index (χ2v) is 4.64. The van der Waals surface area contributed by atoms with Crippen LogP contribution in [0.3, 0.4) is 0 Å². The number of halogens is 2. The van der Waals surface area contributed by atoms with Gasteiger partial charge in [-0.05, 0) is 30.3 Å². The quantitative estimate of drug-likeness (QED) is 0.922. The molecule has 0 aliphatic rings. The number of benzene rings is 1. The number of nitrogens with one attached hydrogen (secondary N) is 1. The fourth-order valence-electron chi connectivity index (χ4n) is 1.52. The molecule has 19 heavy (non-hydrogen) atoms. The Balaban J connectivity index is 2.30. The standard InChI is InChI=1S/C13H9Cl2NO3/c1-7(17)16-13(18)12-5-4-11(19-12)9-3-2-8(14)6-10(9)15/h2-6H,1H3,(H,16,17,18). The first-order chi connectivity index (χ1) is 8.97. The van der Waals surface area contributed by atoms with E-state index in [0.717, 1.165) is 0 Å². The van der Waals surface area contributed by atoms with Crippen LogP contribution in [-0.4, -0.2) is 11.8 Å². The smallest absolute Gasteiger partial charge is 0.293 e. The second-order valence-electron chi connectivity index (χ2n) is 3.80. The third kappa shape index (κ3) is 3.16. The monoisotopic (exact) mass is 297 g/mol. The molecule has 0 unspecified atom stereocenters. The van der Waals surface area contributed by atoms with E-state index >= 15 is 0 Å². The second kappa shape index (κ2) is 5.47. The van der Waals surface area contributed by atoms with E-state index < -0.39 is 11.8 Å². The lowest BCUT2D eigenvalue weighted by Crippen LogP contribution is -2.27. The van der Waals surface area contributed by atoms with Crippen LogP contribution in [0.2, 0.25) is 10.0 Å². The minimum atomic E-state index is -0.594. The van der Waals surface area contributed by atoms with Gasteiger partial charge in [-0.2, -0.15) is 0 Å². The molecular weight excluding hydrogens is 289 g/mol. The zero-order chi connectivity index (χ0) is 14.0. The third-order valence-corrected chi connectivity index (χ3v) is 2.86. The van der Waals surface area contributed by atoms with Crippen molar-refractivity contribution >= 4 is 35.0 Å². The van der Waals surface area contributed by atoms with Crippen molar-refractivity contribution in [2.24, 2.45) is 0 Å². The van der Waals surface area contributed by atoms with Gasteiger partial charge in [0.1, 0.15) is 5.76 Å². The summed E-state index contributed by atoms with van der Waals surface area (Å²) in [6.45, 7) is 1.25. The van der Waals surface area contributed by atoms with E-state index in [0.29, 0.717) is 21.4 Å². The highest BCUT2D eigenvalue weighted by atomic mass is 35.5. The van der Waals surface area contributed by atoms with E-state index in [1.165, 1.54) is 13.0 Å². The molecule has 4 nitrogen and oxygen atoms in total. The van der Waals surface area contributed by atoms with Gasteiger partial charge in [0.2, 0.25) is 5.91 Å². The van der Waals surface area contributed by atoms with E-state index in [2.05, 4.69) is 5.32 Å². The minimum absolute atomic E-state index is 0.0382. The molecule has 1 heterocycles. The Morgan fingerprint density at radius 3 is 2.53 bits per heavy atom. The van der Waals surface area contributed by atoms with Crippen LogP contribution < -0.4 is 5.32 Å². The van der Waals surface area contributed by atoms with E-state index in [1.54, 1.807) is 24.3 Å². The summed E-state index contributed by atoms with van der Waals surface area (Å²) in [6.07, 6.45) is 0. The highest BCUT2D eigenvalue weighted by molar-refractivity contribution is 6.36. The lowest BCUT2D eigenvalue weighted by molar-refractivity contribution is -0.118. The normalized spacial score (nSPS) is 10.3. The number of hydrogen-bond donors (Lipinski definition) is 1. The first-order valence-corrected chi connectivity index (χ1v) is 6.10. The number of amides is 2. The lowest BCUT2D eigenvalue weighted by Gasteiger charge is -2.01. The van der Waals surface area contributed by atoms with Crippen LogP contribution in [0.4, 0.5) is 0 Å². The molecule has 1 aromatic carbocycles. The van der Waals surface area contributed by atoms with Gasteiger partial charge >= 0.3 is 0 Å². The first kappa shape index (κ1) is 13.6. The highest BCUT2D eigenvalue weighted by Crippen LogP contribution is 2.31. The van der Waals surface area contributed by atoms with Crippen LogP contribution >= 0.6 is 23.2 Å². The fourth-order valence-corrected chi connectivity index (χ4v) is 2.02. The molecule has 0 atom stereocenters. The molecule has 6 heteroatoms. The zero-order valence-electron chi connectivity index (χ0n) is 9.87. The molecule has 0 aliphatic carbocycles. The van der Waals surface area contributed by atoms with Gasteiger partial charge in [0.05, 0.1) is 5.02 Å². The molecule has 0 fully saturated rings. The first-order valence-electron chi connectivity index (χ1n) is 5.34.